The third-order valence-corrected chi connectivity index (χ3v) is 3.10. The topological polar surface area (TPSA) is 101 Å². The molecule has 1 heterocycles. The highest BCUT2D eigenvalue weighted by Gasteiger charge is 2.19. The van der Waals surface area contributed by atoms with Gasteiger partial charge in [0.1, 0.15) is 17.2 Å². The highest BCUT2D eigenvalue weighted by atomic mass is 16.6. The van der Waals surface area contributed by atoms with E-state index in [9.17, 15) is 14.9 Å². The number of aromatic nitrogens is 2. The van der Waals surface area contributed by atoms with E-state index >= 15 is 0 Å². The molecule has 0 bridgehead atoms. The van der Waals surface area contributed by atoms with Gasteiger partial charge in [-0.05, 0) is 13.0 Å². The summed E-state index contributed by atoms with van der Waals surface area (Å²) in [6.07, 6.45) is 0. The number of carbonyl (C=O) groups excluding carboxylic acids is 1. The molecule has 23 heavy (non-hydrogen) atoms. The fourth-order valence-electron chi connectivity index (χ4n) is 2.00. The van der Waals surface area contributed by atoms with Gasteiger partial charge in [0.2, 0.25) is 0 Å². The van der Waals surface area contributed by atoms with Gasteiger partial charge in [0.15, 0.2) is 0 Å². The van der Waals surface area contributed by atoms with Crippen molar-refractivity contribution in [2.75, 3.05) is 19.0 Å². The van der Waals surface area contributed by atoms with Crippen molar-refractivity contribution in [1.82, 2.24) is 15.3 Å². The van der Waals surface area contributed by atoms with Crippen LogP contribution in [-0.2, 0) is 6.54 Å². The number of nitro benzene ring substituents is 1. The van der Waals surface area contributed by atoms with E-state index in [0.717, 1.165) is 11.5 Å². The molecule has 1 aromatic heterocycles. The van der Waals surface area contributed by atoms with Gasteiger partial charge in [-0.1, -0.05) is 12.1 Å². The minimum atomic E-state index is -0.581. The van der Waals surface area contributed by atoms with Gasteiger partial charge in [-0.3, -0.25) is 14.9 Å². The Kier molecular flexibility index (Phi) is 4.85. The Bertz CT molecular complexity index is 746. The number of para-hydroxylation sites is 1. The summed E-state index contributed by atoms with van der Waals surface area (Å²) in [4.78, 5) is 33.0. The molecule has 2 aromatic rings. The van der Waals surface area contributed by atoms with Crippen molar-refractivity contribution in [1.29, 1.82) is 0 Å². The summed E-state index contributed by atoms with van der Waals surface area (Å²) in [6.45, 7) is 1.93. The predicted molar refractivity (Wildman–Crippen MR) is 85.4 cm³/mol. The normalized spacial score (nSPS) is 10.2. The first kappa shape index (κ1) is 16.3. The smallest absolute Gasteiger partial charge is 0.282 e. The van der Waals surface area contributed by atoms with Crippen molar-refractivity contribution in [3.05, 3.63) is 57.5 Å². The summed E-state index contributed by atoms with van der Waals surface area (Å²) in [6, 6.07) is 7.63. The molecule has 0 unspecified atom stereocenters. The average molecular weight is 315 g/mol. The number of rotatable bonds is 5. The van der Waals surface area contributed by atoms with Crippen LogP contribution in [0.25, 0.3) is 0 Å². The Morgan fingerprint density at radius 1 is 1.30 bits per heavy atom. The Balaban J connectivity index is 2.15. The molecule has 120 valence electrons. The quantitative estimate of drug-likeness (QED) is 0.665. The van der Waals surface area contributed by atoms with Crippen molar-refractivity contribution >= 4 is 17.4 Å². The fraction of sp³-hybridized carbons (Fsp3) is 0.267. The third kappa shape index (κ3) is 4.00. The van der Waals surface area contributed by atoms with Crippen molar-refractivity contribution in [2.45, 2.75) is 13.5 Å². The first-order chi connectivity index (χ1) is 10.9. The number of aryl methyl sites for hydroxylation is 1. The van der Waals surface area contributed by atoms with E-state index in [1.54, 1.807) is 6.07 Å². The van der Waals surface area contributed by atoms with Crippen LogP contribution in [0.5, 0.6) is 0 Å². The summed E-state index contributed by atoms with van der Waals surface area (Å²) in [5.41, 5.74) is 0.556. The lowest BCUT2D eigenvalue weighted by Gasteiger charge is -2.13. The molecule has 0 spiro atoms. The number of hydrogen-bond donors (Lipinski definition) is 1. The molecular formula is C15H17N5O3. The summed E-state index contributed by atoms with van der Waals surface area (Å²) >= 11 is 0. The molecule has 1 N–H and O–H groups in total. The zero-order valence-electron chi connectivity index (χ0n) is 13.1. The van der Waals surface area contributed by atoms with Crippen molar-refractivity contribution < 1.29 is 9.72 Å². The van der Waals surface area contributed by atoms with E-state index < -0.39 is 10.8 Å². The second-order valence-electron chi connectivity index (χ2n) is 5.14. The molecule has 8 heteroatoms. The Labute approximate surface area is 133 Å². The highest BCUT2D eigenvalue weighted by molar-refractivity contribution is 5.98. The summed E-state index contributed by atoms with van der Waals surface area (Å²) < 4.78 is 0. The summed E-state index contributed by atoms with van der Waals surface area (Å²) in [7, 11) is 3.72. The van der Waals surface area contributed by atoms with Crippen LogP contribution >= 0.6 is 0 Å². The SMILES string of the molecule is Cc1cc(N(C)C)nc(CNC(=O)c2ccccc2[N+](=O)[O-])n1. The maximum absolute atomic E-state index is 12.2. The minimum Gasteiger partial charge on any atom is -0.363 e. The molecule has 0 saturated heterocycles. The lowest BCUT2D eigenvalue weighted by molar-refractivity contribution is -0.385. The van der Waals surface area contributed by atoms with Gasteiger partial charge in [-0.25, -0.2) is 9.97 Å². The molecular weight excluding hydrogens is 298 g/mol. The van der Waals surface area contributed by atoms with Crippen molar-refractivity contribution in [2.24, 2.45) is 0 Å². The van der Waals surface area contributed by atoms with Crippen LogP contribution in [-0.4, -0.2) is 34.9 Å². The largest absolute Gasteiger partial charge is 0.363 e. The molecule has 0 fully saturated rings. The van der Waals surface area contributed by atoms with E-state index in [1.807, 2.05) is 32.0 Å². The molecule has 0 aliphatic heterocycles. The number of nitrogens with one attached hydrogen (secondary N) is 1. The predicted octanol–water partition coefficient (Wildman–Crippen LogP) is 1.69. The summed E-state index contributed by atoms with van der Waals surface area (Å²) in [5, 5.41) is 13.6. The molecule has 0 atom stereocenters. The first-order valence-corrected chi connectivity index (χ1v) is 6.92. The van der Waals surface area contributed by atoms with Crippen molar-refractivity contribution in [3.8, 4) is 0 Å². The van der Waals surface area contributed by atoms with Crippen LogP contribution in [0.15, 0.2) is 30.3 Å². The van der Waals surface area contributed by atoms with E-state index in [0.29, 0.717) is 5.82 Å². The lowest BCUT2D eigenvalue weighted by Crippen LogP contribution is -2.25. The van der Waals surface area contributed by atoms with E-state index in [-0.39, 0.29) is 17.8 Å². The van der Waals surface area contributed by atoms with Gasteiger partial charge in [-0.15, -0.1) is 0 Å². The van der Waals surface area contributed by atoms with Gasteiger partial charge in [0, 0.05) is 31.9 Å². The second-order valence-corrected chi connectivity index (χ2v) is 5.14. The standard InChI is InChI=1S/C15H17N5O3/c1-10-8-14(19(2)3)18-13(17-10)9-16-15(21)11-6-4-5-7-12(11)20(22)23/h4-8H,9H2,1-3H3,(H,16,21). The van der Waals surface area contributed by atoms with Crippen LogP contribution in [0.4, 0.5) is 11.5 Å². The second kappa shape index (κ2) is 6.82. The zero-order valence-corrected chi connectivity index (χ0v) is 13.1. The number of anilines is 1. The molecule has 8 nitrogen and oxygen atoms in total. The summed E-state index contributed by atoms with van der Waals surface area (Å²) in [5.74, 6) is 0.641. The third-order valence-electron chi connectivity index (χ3n) is 3.10. The zero-order chi connectivity index (χ0) is 17.0. The number of amides is 1. The molecule has 1 aromatic carbocycles. The number of carbonyl (C=O) groups is 1. The van der Waals surface area contributed by atoms with Crippen LogP contribution in [0.3, 0.4) is 0 Å². The fourth-order valence-corrected chi connectivity index (χ4v) is 2.00. The molecule has 0 saturated carbocycles. The molecule has 0 radical (unpaired) electrons. The molecule has 2 rings (SSSR count). The van der Waals surface area contributed by atoms with Gasteiger partial charge < -0.3 is 10.2 Å². The van der Waals surface area contributed by atoms with Crippen LogP contribution in [0.2, 0.25) is 0 Å². The monoisotopic (exact) mass is 315 g/mol. The van der Waals surface area contributed by atoms with Gasteiger partial charge >= 0.3 is 0 Å². The van der Waals surface area contributed by atoms with E-state index in [1.165, 1.54) is 18.2 Å². The average Bonchev–Trinajstić information content (AvgIpc) is 2.52. The Morgan fingerprint density at radius 3 is 2.65 bits per heavy atom. The number of benzene rings is 1. The van der Waals surface area contributed by atoms with Gasteiger partial charge in [0.25, 0.3) is 11.6 Å². The number of hydrogen-bond acceptors (Lipinski definition) is 6. The van der Waals surface area contributed by atoms with E-state index in [4.69, 9.17) is 0 Å². The number of nitrogens with zero attached hydrogens (tertiary/aromatic N) is 4. The van der Waals surface area contributed by atoms with Crippen LogP contribution in [0.1, 0.15) is 21.9 Å². The maximum Gasteiger partial charge on any atom is 0.282 e. The van der Waals surface area contributed by atoms with Crippen molar-refractivity contribution in [3.63, 3.8) is 0 Å². The lowest BCUT2D eigenvalue weighted by atomic mass is 10.1. The molecule has 0 aliphatic carbocycles. The Hall–Kier alpha value is -3.03. The maximum atomic E-state index is 12.2. The highest BCUT2D eigenvalue weighted by Crippen LogP contribution is 2.17. The first-order valence-electron chi connectivity index (χ1n) is 6.92. The Morgan fingerprint density at radius 2 is 2.00 bits per heavy atom. The minimum absolute atomic E-state index is 0.0120. The van der Waals surface area contributed by atoms with Gasteiger partial charge in [-0.2, -0.15) is 0 Å². The van der Waals surface area contributed by atoms with Gasteiger partial charge in [0.05, 0.1) is 11.5 Å². The molecule has 0 aliphatic rings. The van der Waals surface area contributed by atoms with Crippen LogP contribution < -0.4 is 10.2 Å². The van der Waals surface area contributed by atoms with Crippen LogP contribution in [0, 0.1) is 17.0 Å². The van der Waals surface area contributed by atoms with E-state index in [2.05, 4.69) is 15.3 Å². The molecule has 1 amide bonds. The number of nitro groups is 1.